The lowest BCUT2D eigenvalue weighted by atomic mass is 10.2. The summed E-state index contributed by atoms with van der Waals surface area (Å²) < 4.78 is 10.9. The fraction of sp³-hybridized carbons (Fsp3) is 0.292. The molecule has 0 bridgehead atoms. The zero-order chi connectivity index (χ0) is 22.1. The van der Waals surface area contributed by atoms with Gasteiger partial charge in [0, 0.05) is 23.2 Å². The lowest BCUT2D eigenvalue weighted by Crippen LogP contribution is -2.33. The molecule has 0 fully saturated rings. The first kappa shape index (κ1) is 22.3. The molecule has 31 heavy (non-hydrogen) atoms. The highest BCUT2D eigenvalue weighted by Gasteiger charge is 2.18. The number of hydrogen-bond donors (Lipinski definition) is 0. The Morgan fingerprint density at radius 3 is 2.23 bits per heavy atom. The number of aromatic nitrogens is 1. The number of nitriles is 1. The van der Waals surface area contributed by atoms with Gasteiger partial charge in [-0.2, -0.15) is 5.26 Å². The van der Waals surface area contributed by atoms with E-state index in [1.165, 1.54) is 11.3 Å². The van der Waals surface area contributed by atoms with E-state index in [0.29, 0.717) is 25.5 Å². The smallest absolute Gasteiger partial charge is 0.233 e. The van der Waals surface area contributed by atoms with Gasteiger partial charge in [0.2, 0.25) is 5.91 Å². The molecule has 0 saturated heterocycles. The molecule has 0 spiro atoms. The van der Waals surface area contributed by atoms with Crippen molar-refractivity contribution in [1.82, 2.24) is 4.98 Å². The Kier molecular flexibility index (Phi) is 8.02. The highest BCUT2D eigenvalue weighted by atomic mass is 32.1. The molecular weight excluding hydrogens is 410 g/mol. The van der Waals surface area contributed by atoms with Crippen LogP contribution in [0.15, 0.2) is 53.9 Å². The van der Waals surface area contributed by atoms with Crippen LogP contribution < -0.4 is 14.4 Å². The first-order valence-electron chi connectivity index (χ1n) is 10.2. The highest BCUT2D eigenvalue weighted by molar-refractivity contribution is 7.13. The van der Waals surface area contributed by atoms with Gasteiger partial charge in [-0.3, -0.25) is 4.79 Å². The summed E-state index contributed by atoms with van der Waals surface area (Å²) in [5.74, 6) is 1.48. The molecule has 3 rings (SSSR count). The number of anilines is 1. The quantitative estimate of drug-likeness (QED) is 0.443. The summed E-state index contributed by atoms with van der Waals surface area (Å²) in [6.07, 6.45) is 0.430. The predicted octanol–water partition coefficient (Wildman–Crippen LogP) is 5.10. The number of thiazole rings is 1. The standard InChI is InChI=1S/C24H25N3O3S/c1-3-29-21-10-6-18(7-11-21)24-26-19(17-31-24)16-23(28)27(15-5-14-25)20-8-12-22(13-9-20)30-4-2/h6-13,17H,3-5,15-16H2,1-2H3. The molecule has 7 heteroatoms. The molecular formula is C24H25N3O3S. The third kappa shape index (κ3) is 6.06. The van der Waals surface area contributed by atoms with Crippen LogP contribution in [0.3, 0.4) is 0 Å². The molecule has 6 nitrogen and oxygen atoms in total. The van der Waals surface area contributed by atoms with Crippen LogP contribution in [0.5, 0.6) is 11.5 Å². The minimum Gasteiger partial charge on any atom is -0.494 e. The van der Waals surface area contributed by atoms with Gasteiger partial charge in [-0.05, 0) is 62.4 Å². The van der Waals surface area contributed by atoms with Crippen LogP contribution in [0.2, 0.25) is 0 Å². The van der Waals surface area contributed by atoms with E-state index in [1.807, 2.05) is 67.8 Å². The SMILES string of the molecule is CCOc1ccc(-c2nc(CC(=O)N(CCC#N)c3ccc(OCC)cc3)cs2)cc1. The number of carbonyl (C=O) groups excluding carboxylic acids is 1. The second-order valence-electron chi connectivity index (χ2n) is 6.66. The van der Waals surface area contributed by atoms with Gasteiger partial charge in [0.25, 0.3) is 0 Å². The zero-order valence-corrected chi connectivity index (χ0v) is 18.5. The number of rotatable bonds is 10. The summed E-state index contributed by atoms with van der Waals surface area (Å²) in [6, 6.07) is 17.2. The molecule has 2 aromatic carbocycles. The van der Waals surface area contributed by atoms with Gasteiger partial charge in [0.1, 0.15) is 16.5 Å². The van der Waals surface area contributed by atoms with Crippen molar-refractivity contribution in [3.8, 4) is 28.1 Å². The normalized spacial score (nSPS) is 10.4. The van der Waals surface area contributed by atoms with Crippen molar-refractivity contribution in [2.45, 2.75) is 26.7 Å². The van der Waals surface area contributed by atoms with Gasteiger partial charge < -0.3 is 14.4 Å². The van der Waals surface area contributed by atoms with Gasteiger partial charge in [-0.25, -0.2) is 4.98 Å². The summed E-state index contributed by atoms with van der Waals surface area (Å²) in [7, 11) is 0. The molecule has 1 heterocycles. The fourth-order valence-electron chi connectivity index (χ4n) is 3.08. The van der Waals surface area contributed by atoms with Crippen LogP contribution in [0, 0.1) is 11.3 Å². The van der Waals surface area contributed by atoms with E-state index in [4.69, 9.17) is 14.7 Å². The number of nitrogens with zero attached hydrogens (tertiary/aromatic N) is 3. The molecule has 0 atom stereocenters. The molecule has 0 N–H and O–H groups in total. The Balaban J connectivity index is 1.72. The van der Waals surface area contributed by atoms with E-state index in [-0.39, 0.29) is 18.7 Å². The van der Waals surface area contributed by atoms with Crippen LogP contribution in [-0.4, -0.2) is 30.6 Å². The fourth-order valence-corrected chi connectivity index (χ4v) is 3.91. The van der Waals surface area contributed by atoms with E-state index in [0.717, 1.165) is 27.8 Å². The van der Waals surface area contributed by atoms with Crippen molar-refractivity contribution in [3.05, 3.63) is 59.6 Å². The van der Waals surface area contributed by atoms with E-state index in [1.54, 1.807) is 4.90 Å². The summed E-state index contributed by atoms with van der Waals surface area (Å²) >= 11 is 1.51. The summed E-state index contributed by atoms with van der Waals surface area (Å²) in [4.78, 5) is 19.3. The Morgan fingerprint density at radius 1 is 1.03 bits per heavy atom. The van der Waals surface area contributed by atoms with Crippen molar-refractivity contribution in [2.24, 2.45) is 0 Å². The Bertz CT molecular complexity index is 1020. The van der Waals surface area contributed by atoms with Gasteiger partial charge in [-0.1, -0.05) is 0 Å². The van der Waals surface area contributed by atoms with E-state index in [2.05, 4.69) is 11.1 Å². The van der Waals surface area contributed by atoms with Gasteiger partial charge in [0.15, 0.2) is 0 Å². The lowest BCUT2D eigenvalue weighted by Gasteiger charge is -2.21. The van der Waals surface area contributed by atoms with Crippen LogP contribution in [0.4, 0.5) is 5.69 Å². The number of benzene rings is 2. The third-order valence-corrected chi connectivity index (χ3v) is 5.44. The first-order valence-corrected chi connectivity index (χ1v) is 11.1. The first-order chi connectivity index (χ1) is 15.1. The molecule has 0 saturated carbocycles. The van der Waals surface area contributed by atoms with E-state index < -0.39 is 0 Å². The van der Waals surface area contributed by atoms with Gasteiger partial charge >= 0.3 is 0 Å². The minimum atomic E-state index is -0.0945. The van der Waals surface area contributed by atoms with Crippen molar-refractivity contribution in [1.29, 1.82) is 5.26 Å². The van der Waals surface area contributed by atoms with Crippen LogP contribution in [-0.2, 0) is 11.2 Å². The average Bonchev–Trinajstić information content (AvgIpc) is 3.24. The largest absolute Gasteiger partial charge is 0.494 e. The third-order valence-electron chi connectivity index (χ3n) is 4.50. The number of hydrogen-bond acceptors (Lipinski definition) is 6. The number of amides is 1. The Morgan fingerprint density at radius 2 is 1.65 bits per heavy atom. The van der Waals surface area contributed by atoms with Crippen molar-refractivity contribution < 1.29 is 14.3 Å². The molecule has 0 aliphatic carbocycles. The zero-order valence-electron chi connectivity index (χ0n) is 17.7. The maximum atomic E-state index is 13.0. The molecule has 1 amide bonds. The Hall–Kier alpha value is -3.37. The number of ether oxygens (including phenoxy) is 2. The molecule has 3 aromatic rings. The predicted molar refractivity (Wildman–Crippen MR) is 123 cm³/mol. The van der Waals surface area contributed by atoms with E-state index in [9.17, 15) is 4.79 Å². The second-order valence-corrected chi connectivity index (χ2v) is 7.52. The average molecular weight is 436 g/mol. The van der Waals surface area contributed by atoms with Crippen molar-refractivity contribution >= 4 is 22.9 Å². The number of carbonyl (C=O) groups is 1. The van der Waals surface area contributed by atoms with Crippen LogP contribution in [0.1, 0.15) is 26.0 Å². The molecule has 160 valence electrons. The van der Waals surface area contributed by atoms with Crippen molar-refractivity contribution in [2.75, 3.05) is 24.7 Å². The van der Waals surface area contributed by atoms with Crippen LogP contribution >= 0.6 is 11.3 Å². The van der Waals surface area contributed by atoms with E-state index >= 15 is 0 Å². The van der Waals surface area contributed by atoms with Gasteiger partial charge in [-0.15, -0.1) is 11.3 Å². The summed E-state index contributed by atoms with van der Waals surface area (Å²) in [6.45, 7) is 5.41. The summed E-state index contributed by atoms with van der Waals surface area (Å²) in [5, 5.41) is 11.8. The van der Waals surface area contributed by atoms with Crippen molar-refractivity contribution in [3.63, 3.8) is 0 Å². The molecule has 0 aliphatic rings. The highest BCUT2D eigenvalue weighted by Crippen LogP contribution is 2.27. The topological polar surface area (TPSA) is 75.5 Å². The van der Waals surface area contributed by atoms with Crippen LogP contribution in [0.25, 0.3) is 10.6 Å². The molecule has 0 aliphatic heterocycles. The summed E-state index contributed by atoms with van der Waals surface area (Å²) in [5.41, 5.74) is 2.44. The maximum Gasteiger partial charge on any atom is 0.233 e. The maximum absolute atomic E-state index is 13.0. The monoisotopic (exact) mass is 435 g/mol. The lowest BCUT2D eigenvalue weighted by molar-refractivity contribution is -0.118. The minimum absolute atomic E-state index is 0.0945. The van der Waals surface area contributed by atoms with Gasteiger partial charge in [0.05, 0.1) is 37.8 Å². The molecule has 0 radical (unpaired) electrons. The second kappa shape index (κ2) is 11.1. The molecule has 0 unspecified atom stereocenters. The molecule has 1 aromatic heterocycles. The Labute approximate surface area is 186 Å².